The number of aromatic nitrogens is 2. The summed E-state index contributed by atoms with van der Waals surface area (Å²) < 4.78 is 0. The lowest BCUT2D eigenvalue weighted by molar-refractivity contribution is 0.661. The Labute approximate surface area is 310 Å². The molecule has 0 N–H and O–H groups in total. The lowest BCUT2D eigenvalue weighted by Gasteiger charge is -2.23. The molecule has 0 unspecified atom stereocenters. The van der Waals surface area contributed by atoms with Gasteiger partial charge in [-0.15, -0.1) is 0 Å². The molecule has 0 atom stereocenters. The first kappa shape index (κ1) is 31.1. The van der Waals surface area contributed by atoms with Crippen molar-refractivity contribution in [1.29, 1.82) is 0 Å². The fourth-order valence-electron chi connectivity index (χ4n) is 8.29. The predicted molar refractivity (Wildman–Crippen MR) is 222 cm³/mol. The van der Waals surface area contributed by atoms with E-state index >= 15 is 0 Å². The SMILES string of the molecule is CC1(C)c2cc(-c3ccccc3)ccc2-c2ccc(-c3ccc(-c4cc(-c5ccc6ccccc6c5)nc(-c5ccccc5)n4)c4ccccc34)cc21. The molecule has 0 radical (unpaired) electrons. The van der Waals surface area contributed by atoms with Crippen molar-refractivity contribution in [2.24, 2.45) is 0 Å². The summed E-state index contributed by atoms with van der Waals surface area (Å²) in [7, 11) is 0. The van der Waals surface area contributed by atoms with Gasteiger partial charge in [0, 0.05) is 22.1 Å². The van der Waals surface area contributed by atoms with Crippen LogP contribution < -0.4 is 0 Å². The van der Waals surface area contributed by atoms with Gasteiger partial charge in [0.25, 0.3) is 0 Å². The van der Waals surface area contributed by atoms with Crippen molar-refractivity contribution in [3.8, 4) is 67.3 Å². The Bertz CT molecular complexity index is 2850. The maximum atomic E-state index is 5.22. The zero-order chi connectivity index (χ0) is 35.5. The van der Waals surface area contributed by atoms with Crippen LogP contribution in [0.3, 0.4) is 0 Å². The molecule has 10 rings (SSSR count). The Hall–Kier alpha value is -6.64. The lowest BCUT2D eigenvalue weighted by atomic mass is 9.80. The topological polar surface area (TPSA) is 25.8 Å². The van der Waals surface area contributed by atoms with Gasteiger partial charge in [-0.3, -0.25) is 0 Å². The minimum Gasteiger partial charge on any atom is -0.228 e. The normalized spacial score (nSPS) is 12.9. The van der Waals surface area contributed by atoms with E-state index in [1.54, 1.807) is 0 Å². The zero-order valence-electron chi connectivity index (χ0n) is 29.7. The smallest absolute Gasteiger partial charge is 0.160 e. The summed E-state index contributed by atoms with van der Waals surface area (Å²) >= 11 is 0. The number of hydrogen-bond acceptors (Lipinski definition) is 2. The van der Waals surface area contributed by atoms with E-state index in [9.17, 15) is 0 Å². The third kappa shape index (κ3) is 5.26. The predicted octanol–water partition coefficient (Wildman–Crippen LogP) is 13.4. The molecule has 0 aliphatic heterocycles. The van der Waals surface area contributed by atoms with Crippen LogP contribution in [0.5, 0.6) is 0 Å². The molecule has 0 bridgehead atoms. The summed E-state index contributed by atoms with van der Waals surface area (Å²) in [6.45, 7) is 4.73. The second kappa shape index (κ2) is 12.3. The third-order valence-corrected chi connectivity index (χ3v) is 11.1. The molecule has 9 aromatic rings. The highest BCUT2D eigenvalue weighted by molar-refractivity contribution is 6.05. The van der Waals surface area contributed by atoms with Crippen molar-refractivity contribution >= 4 is 21.5 Å². The third-order valence-electron chi connectivity index (χ3n) is 11.1. The minimum atomic E-state index is -0.130. The van der Waals surface area contributed by atoms with E-state index in [-0.39, 0.29) is 5.41 Å². The molecule has 250 valence electrons. The van der Waals surface area contributed by atoms with Gasteiger partial charge < -0.3 is 0 Å². The molecule has 53 heavy (non-hydrogen) atoms. The van der Waals surface area contributed by atoms with Crippen molar-refractivity contribution < 1.29 is 0 Å². The molecule has 1 aliphatic rings. The number of nitrogens with zero attached hydrogens (tertiary/aromatic N) is 2. The standard InChI is InChI=1S/C51H36N2/c1-51(2)46-30-37(33-13-5-3-6-14-33)23-25-43(46)44-26-24-38(31-47(44)51)40-27-28-45(42-20-12-11-19-41(40)42)49-32-48(52-50(53-49)35-16-7-4-8-17-35)39-22-21-34-15-9-10-18-36(34)29-39/h3-32H,1-2H3. The lowest BCUT2D eigenvalue weighted by Crippen LogP contribution is -2.15. The molecule has 0 spiro atoms. The highest BCUT2D eigenvalue weighted by Crippen LogP contribution is 2.51. The summed E-state index contributed by atoms with van der Waals surface area (Å²) in [5.41, 5.74) is 15.2. The van der Waals surface area contributed by atoms with Crippen molar-refractivity contribution in [3.63, 3.8) is 0 Å². The van der Waals surface area contributed by atoms with Gasteiger partial charge in [-0.1, -0.05) is 172 Å². The number of benzene rings is 8. The van der Waals surface area contributed by atoms with Gasteiger partial charge in [-0.2, -0.15) is 0 Å². The fourth-order valence-corrected chi connectivity index (χ4v) is 8.29. The van der Waals surface area contributed by atoms with Crippen molar-refractivity contribution in [3.05, 3.63) is 193 Å². The summed E-state index contributed by atoms with van der Waals surface area (Å²) in [6.07, 6.45) is 0. The monoisotopic (exact) mass is 676 g/mol. The van der Waals surface area contributed by atoms with Gasteiger partial charge in [0.2, 0.25) is 0 Å². The summed E-state index contributed by atoms with van der Waals surface area (Å²) in [4.78, 5) is 10.3. The molecule has 1 heterocycles. The average molecular weight is 677 g/mol. The van der Waals surface area contributed by atoms with E-state index in [1.165, 1.54) is 66.1 Å². The molecule has 8 aromatic carbocycles. The van der Waals surface area contributed by atoms with E-state index in [2.05, 4.69) is 178 Å². The van der Waals surface area contributed by atoms with Gasteiger partial charge in [-0.05, 0) is 90.3 Å². The fraction of sp³-hybridized carbons (Fsp3) is 0.0588. The molecular formula is C51H36N2. The van der Waals surface area contributed by atoms with Crippen LogP contribution in [0.2, 0.25) is 0 Å². The minimum absolute atomic E-state index is 0.130. The Kier molecular flexibility index (Phi) is 7.19. The van der Waals surface area contributed by atoms with Crippen LogP contribution in [-0.2, 0) is 5.41 Å². The number of rotatable bonds is 5. The first-order valence-corrected chi connectivity index (χ1v) is 18.3. The Balaban J connectivity index is 1.10. The van der Waals surface area contributed by atoms with E-state index in [1.807, 2.05) is 18.2 Å². The van der Waals surface area contributed by atoms with E-state index in [0.29, 0.717) is 0 Å². The molecule has 0 fully saturated rings. The highest BCUT2D eigenvalue weighted by Gasteiger charge is 2.36. The largest absolute Gasteiger partial charge is 0.228 e. The molecule has 2 nitrogen and oxygen atoms in total. The Morgan fingerprint density at radius 1 is 0.340 bits per heavy atom. The van der Waals surface area contributed by atoms with Crippen molar-refractivity contribution in [2.75, 3.05) is 0 Å². The maximum Gasteiger partial charge on any atom is 0.160 e. The second-order valence-corrected chi connectivity index (χ2v) is 14.6. The molecule has 0 saturated carbocycles. The molecular weight excluding hydrogens is 641 g/mol. The van der Waals surface area contributed by atoms with Gasteiger partial charge in [0.05, 0.1) is 11.4 Å². The molecule has 1 aromatic heterocycles. The number of hydrogen-bond donors (Lipinski definition) is 0. The Morgan fingerprint density at radius 3 is 1.60 bits per heavy atom. The highest BCUT2D eigenvalue weighted by atomic mass is 14.9. The molecule has 2 heteroatoms. The molecule has 0 amide bonds. The average Bonchev–Trinajstić information content (AvgIpc) is 3.45. The first-order chi connectivity index (χ1) is 26.0. The van der Waals surface area contributed by atoms with Crippen LogP contribution in [-0.4, -0.2) is 9.97 Å². The zero-order valence-corrected chi connectivity index (χ0v) is 29.7. The van der Waals surface area contributed by atoms with Crippen molar-refractivity contribution in [1.82, 2.24) is 9.97 Å². The number of fused-ring (bicyclic) bond motifs is 5. The van der Waals surface area contributed by atoms with Gasteiger partial charge in [0.1, 0.15) is 0 Å². The van der Waals surface area contributed by atoms with E-state index in [0.717, 1.165) is 33.9 Å². The Morgan fingerprint density at radius 2 is 0.868 bits per heavy atom. The van der Waals surface area contributed by atoms with Gasteiger partial charge >= 0.3 is 0 Å². The van der Waals surface area contributed by atoms with Crippen LogP contribution in [0, 0.1) is 0 Å². The summed E-state index contributed by atoms with van der Waals surface area (Å²) in [6, 6.07) is 65.5. The van der Waals surface area contributed by atoms with Crippen LogP contribution >= 0.6 is 0 Å². The maximum absolute atomic E-state index is 5.22. The van der Waals surface area contributed by atoms with Crippen LogP contribution in [0.1, 0.15) is 25.0 Å². The second-order valence-electron chi connectivity index (χ2n) is 14.6. The van der Waals surface area contributed by atoms with Gasteiger partial charge in [-0.25, -0.2) is 9.97 Å². The quantitative estimate of drug-likeness (QED) is 0.181. The van der Waals surface area contributed by atoms with Crippen molar-refractivity contribution in [2.45, 2.75) is 19.3 Å². The van der Waals surface area contributed by atoms with Gasteiger partial charge in [0.15, 0.2) is 5.82 Å². The van der Waals surface area contributed by atoms with E-state index < -0.39 is 0 Å². The van der Waals surface area contributed by atoms with Crippen LogP contribution in [0.15, 0.2) is 182 Å². The molecule has 1 aliphatic carbocycles. The van der Waals surface area contributed by atoms with Crippen LogP contribution in [0.25, 0.3) is 88.8 Å². The van der Waals surface area contributed by atoms with E-state index in [4.69, 9.17) is 9.97 Å². The van der Waals surface area contributed by atoms with Crippen LogP contribution in [0.4, 0.5) is 0 Å². The summed E-state index contributed by atoms with van der Waals surface area (Å²) in [5, 5.41) is 4.78. The first-order valence-electron chi connectivity index (χ1n) is 18.3. The molecule has 0 saturated heterocycles. The summed E-state index contributed by atoms with van der Waals surface area (Å²) in [5.74, 6) is 0.718.